The lowest BCUT2D eigenvalue weighted by Gasteiger charge is -2.14. The molecule has 7 heteroatoms. The van der Waals surface area contributed by atoms with E-state index in [2.05, 4.69) is 44.7 Å². The van der Waals surface area contributed by atoms with Crippen LogP contribution in [0, 0.1) is 0 Å². The normalized spacial score (nSPS) is 13.9. The Labute approximate surface area is 122 Å². The molecule has 0 aliphatic rings. The van der Waals surface area contributed by atoms with E-state index in [1.54, 1.807) is 18.3 Å². The van der Waals surface area contributed by atoms with Gasteiger partial charge in [0.1, 0.15) is 6.10 Å². The van der Waals surface area contributed by atoms with Crippen LogP contribution in [0.4, 0.5) is 11.9 Å². The fourth-order valence-electron chi connectivity index (χ4n) is 1.77. The van der Waals surface area contributed by atoms with E-state index in [1.807, 2.05) is 0 Å². The lowest BCUT2D eigenvalue weighted by Crippen LogP contribution is -2.19. The summed E-state index contributed by atoms with van der Waals surface area (Å²) in [6, 6.07) is 4.39. The third kappa shape index (κ3) is 4.14. The number of thiophene rings is 1. The summed E-state index contributed by atoms with van der Waals surface area (Å²) >= 11 is 1.76. The number of hydrogen-bond donors (Lipinski definition) is 3. The summed E-state index contributed by atoms with van der Waals surface area (Å²) in [5, 5.41) is 14.8. The first-order valence-electron chi connectivity index (χ1n) is 6.53. The topological polar surface area (TPSA) is 97.0 Å². The Hall–Kier alpha value is -1.73. The number of aromatic nitrogens is 3. The number of aliphatic hydroxyl groups is 1. The molecular formula is C13H19N5OS. The zero-order valence-corrected chi connectivity index (χ0v) is 12.4. The Morgan fingerprint density at radius 1 is 1.35 bits per heavy atom. The van der Waals surface area contributed by atoms with E-state index in [4.69, 9.17) is 5.73 Å². The molecule has 2 unspecified atom stereocenters. The van der Waals surface area contributed by atoms with E-state index in [-0.39, 0.29) is 17.8 Å². The summed E-state index contributed by atoms with van der Waals surface area (Å²) in [6.45, 7) is 3.66. The molecule has 2 atom stereocenters. The number of hydrogen-bond acceptors (Lipinski definition) is 7. The van der Waals surface area contributed by atoms with Gasteiger partial charge in [-0.15, -0.1) is 11.3 Å². The summed E-state index contributed by atoms with van der Waals surface area (Å²) in [4.78, 5) is 13.4. The highest BCUT2D eigenvalue weighted by molar-refractivity contribution is 7.09. The smallest absolute Gasteiger partial charge is 0.228 e. The molecule has 0 radical (unpaired) electrons. The van der Waals surface area contributed by atoms with Gasteiger partial charge < -0.3 is 16.2 Å². The van der Waals surface area contributed by atoms with E-state index in [0.29, 0.717) is 5.95 Å². The molecule has 2 rings (SSSR count). The van der Waals surface area contributed by atoms with Crippen molar-refractivity contribution in [3.63, 3.8) is 0 Å². The van der Waals surface area contributed by atoms with Gasteiger partial charge in [-0.05, 0) is 38.1 Å². The van der Waals surface area contributed by atoms with Crippen LogP contribution in [-0.2, 0) is 6.42 Å². The van der Waals surface area contributed by atoms with Gasteiger partial charge in [0, 0.05) is 10.9 Å². The van der Waals surface area contributed by atoms with Crippen molar-refractivity contribution >= 4 is 23.2 Å². The maximum Gasteiger partial charge on any atom is 0.228 e. The van der Waals surface area contributed by atoms with Crippen LogP contribution in [0.15, 0.2) is 17.5 Å². The van der Waals surface area contributed by atoms with Gasteiger partial charge in [0.2, 0.25) is 11.9 Å². The van der Waals surface area contributed by atoms with Gasteiger partial charge in [-0.25, -0.2) is 0 Å². The molecule has 0 fully saturated rings. The second-order valence-corrected chi connectivity index (χ2v) is 5.75. The number of nitrogens with one attached hydrogen (secondary N) is 1. The predicted octanol–water partition coefficient (Wildman–Crippen LogP) is 2.00. The molecule has 2 heterocycles. The standard InChI is InChI=1S/C13H19N5OS/c1-8(5-6-10-4-3-7-20-10)15-13-17-11(9(2)19)16-12(14)18-13/h3-4,7-9,19H,5-6H2,1-2H3,(H3,14,15,16,17,18). The third-order valence-electron chi connectivity index (χ3n) is 2.82. The van der Waals surface area contributed by atoms with E-state index in [9.17, 15) is 5.11 Å². The number of anilines is 2. The van der Waals surface area contributed by atoms with Crippen molar-refractivity contribution in [1.29, 1.82) is 0 Å². The number of rotatable bonds is 6. The predicted molar refractivity (Wildman–Crippen MR) is 80.6 cm³/mol. The highest BCUT2D eigenvalue weighted by Crippen LogP contribution is 2.15. The first-order chi connectivity index (χ1) is 9.54. The Bertz CT molecular complexity index is 544. The van der Waals surface area contributed by atoms with Crippen LogP contribution >= 0.6 is 11.3 Å². The van der Waals surface area contributed by atoms with Crippen molar-refractivity contribution in [2.45, 2.75) is 38.8 Å². The van der Waals surface area contributed by atoms with Crippen molar-refractivity contribution in [3.8, 4) is 0 Å². The van der Waals surface area contributed by atoms with Crippen molar-refractivity contribution in [1.82, 2.24) is 15.0 Å². The second kappa shape index (κ2) is 6.62. The minimum absolute atomic E-state index is 0.115. The summed E-state index contributed by atoms with van der Waals surface area (Å²) in [5.41, 5.74) is 5.61. The lowest BCUT2D eigenvalue weighted by molar-refractivity contribution is 0.189. The molecule has 0 aliphatic carbocycles. The van der Waals surface area contributed by atoms with E-state index < -0.39 is 6.10 Å². The van der Waals surface area contributed by atoms with E-state index >= 15 is 0 Å². The van der Waals surface area contributed by atoms with Crippen LogP contribution < -0.4 is 11.1 Å². The van der Waals surface area contributed by atoms with Crippen molar-refractivity contribution in [2.24, 2.45) is 0 Å². The van der Waals surface area contributed by atoms with Gasteiger partial charge in [0.05, 0.1) is 0 Å². The minimum Gasteiger partial charge on any atom is -0.385 e. The van der Waals surface area contributed by atoms with Crippen LogP contribution in [0.2, 0.25) is 0 Å². The SMILES string of the molecule is CC(CCc1cccs1)Nc1nc(N)nc(C(C)O)n1. The Kier molecular flexibility index (Phi) is 4.86. The average molecular weight is 293 g/mol. The number of nitrogen functional groups attached to an aromatic ring is 1. The van der Waals surface area contributed by atoms with Gasteiger partial charge in [-0.3, -0.25) is 0 Å². The molecule has 4 N–H and O–H groups in total. The number of nitrogens with zero attached hydrogens (tertiary/aromatic N) is 3. The Morgan fingerprint density at radius 2 is 2.15 bits per heavy atom. The molecule has 2 aromatic heterocycles. The Morgan fingerprint density at radius 3 is 2.80 bits per heavy atom. The minimum atomic E-state index is -0.762. The molecule has 0 aliphatic heterocycles. The zero-order chi connectivity index (χ0) is 14.5. The maximum absolute atomic E-state index is 9.50. The molecule has 0 bridgehead atoms. The van der Waals surface area contributed by atoms with Gasteiger partial charge >= 0.3 is 0 Å². The summed E-state index contributed by atoms with van der Waals surface area (Å²) < 4.78 is 0. The lowest BCUT2D eigenvalue weighted by atomic mass is 10.1. The van der Waals surface area contributed by atoms with E-state index in [0.717, 1.165) is 12.8 Å². The van der Waals surface area contributed by atoms with Crippen molar-refractivity contribution in [2.75, 3.05) is 11.1 Å². The molecule has 0 saturated heterocycles. The average Bonchev–Trinajstić information content (AvgIpc) is 2.88. The fraction of sp³-hybridized carbons (Fsp3) is 0.462. The van der Waals surface area contributed by atoms with E-state index in [1.165, 1.54) is 4.88 Å². The quantitative estimate of drug-likeness (QED) is 0.753. The highest BCUT2D eigenvalue weighted by Gasteiger charge is 2.11. The summed E-state index contributed by atoms with van der Waals surface area (Å²) in [6.07, 6.45) is 1.22. The van der Waals surface area contributed by atoms with Crippen LogP contribution in [-0.4, -0.2) is 26.1 Å². The number of aliphatic hydroxyl groups excluding tert-OH is 1. The van der Waals surface area contributed by atoms with Crippen LogP contribution in [0.25, 0.3) is 0 Å². The molecule has 0 amide bonds. The first kappa shape index (κ1) is 14.7. The van der Waals surface area contributed by atoms with Crippen molar-refractivity contribution < 1.29 is 5.11 Å². The van der Waals surface area contributed by atoms with Gasteiger partial charge in [0.25, 0.3) is 0 Å². The number of aryl methyl sites for hydroxylation is 1. The molecular weight excluding hydrogens is 274 g/mol. The molecule has 2 aromatic rings. The van der Waals surface area contributed by atoms with Crippen LogP contribution in [0.3, 0.4) is 0 Å². The molecule has 0 spiro atoms. The molecule has 108 valence electrons. The fourth-order valence-corrected chi connectivity index (χ4v) is 2.49. The molecule has 20 heavy (non-hydrogen) atoms. The van der Waals surface area contributed by atoms with Gasteiger partial charge in [-0.1, -0.05) is 6.07 Å². The molecule has 0 aromatic carbocycles. The van der Waals surface area contributed by atoms with Crippen LogP contribution in [0.5, 0.6) is 0 Å². The van der Waals surface area contributed by atoms with Crippen molar-refractivity contribution in [3.05, 3.63) is 28.2 Å². The van der Waals surface area contributed by atoms with Crippen LogP contribution in [0.1, 0.15) is 37.1 Å². The second-order valence-electron chi connectivity index (χ2n) is 4.71. The largest absolute Gasteiger partial charge is 0.385 e. The summed E-state index contributed by atoms with van der Waals surface area (Å²) in [7, 11) is 0. The molecule has 6 nitrogen and oxygen atoms in total. The van der Waals surface area contributed by atoms with Gasteiger partial charge in [0.15, 0.2) is 5.82 Å². The maximum atomic E-state index is 9.50. The van der Waals surface area contributed by atoms with Gasteiger partial charge in [-0.2, -0.15) is 15.0 Å². The third-order valence-corrected chi connectivity index (χ3v) is 3.76. The molecule has 0 saturated carbocycles. The summed E-state index contributed by atoms with van der Waals surface area (Å²) in [5.74, 6) is 0.807. The zero-order valence-electron chi connectivity index (χ0n) is 11.6. The Balaban J connectivity index is 1.95. The first-order valence-corrected chi connectivity index (χ1v) is 7.41. The monoisotopic (exact) mass is 293 g/mol. The number of nitrogens with two attached hydrogens (primary N) is 1. The highest BCUT2D eigenvalue weighted by atomic mass is 32.1.